The molecular weight excluding hydrogens is 283 g/mol. The van der Waals surface area contributed by atoms with Crippen molar-refractivity contribution in [2.24, 2.45) is 0 Å². The minimum atomic E-state index is -0.668. The first-order valence-electron chi connectivity index (χ1n) is 5.73. The highest BCUT2D eigenvalue weighted by Crippen LogP contribution is 2.22. The van der Waals surface area contributed by atoms with Crippen LogP contribution in [-0.2, 0) is 0 Å². The molecule has 0 radical (unpaired) electrons. The number of H-pyrrole nitrogens is 1. The van der Waals surface area contributed by atoms with Crippen LogP contribution in [0.4, 0.5) is 4.39 Å². The largest absolute Gasteiger partial charge is 0.421 e. The minimum Gasteiger partial charge on any atom is -0.421 e. The molecular formula is C14H8ClFN2O2. The molecule has 1 N–H and O–H groups in total. The van der Waals surface area contributed by atoms with E-state index in [-0.39, 0.29) is 11.3 Å². The van der Waals surface area contributed by atoms with Crippen LogP contribution < -0.4 is 4.74 Å². The van der Waals surface area contributed by atoms with Crippen molar-refractivity contribution in [1.29, 1.82) is 0 Å². The third-order valence-corrected chi connectivity index (χ3v) is 2.95. The Bertz CT molecular complexity index is 801. The maximum Gasteiger partial charge on any atom is 0.344 e. The van der Waals surface area contributed by atoms with E-state index in [9.17, 15) is 9.18 Å². The lowest BCUT2D eigenvalue weighted by molar-refractivity contribution is 0.0736. The van der Waals surface area contributed by atoms with Crippen LogP contribution in [0.3, 0.4) is 0 Å². The highest BCUT2D eigenvalue weighted by Gasteiger charge is 2.15. The van der Waals surface area contributed by atoms with Gasteiger partial charge in [0.05, 0.1) is 16.8 Å². The van der Waals surface area contributed by atoms with Crippen molar-refractivity contribution in [2.45, 2.75) is 0 Å². The van der Waals surface area contributed by atoms with Gasteiger partial charge in [-0.05, 0) is 18.2 Å². The summed E-state index contributed by atoms with van der Waals surface area (Å²) in [5.74, 6) is -0.982. The van der Waals surface area contributed by atoms with Crippen LogP contribution >= 0.6 is 11.6 Å². The summed E-state index contributed by atoms with van der Waals surface area (Å²) >= 11 is 5.76. The maximum absolute atomic E-state index is 13.5. The zero-order valence-corrected chi connectivity index (χ0v) is 10.8. The van der Waals surface area contributed by atoms with Gasteiger partial charge in [0.15, 0.2) is 5.75 Å². The number of ether oxygens (including phenoxy) is 1. The fraction of sp³-hybridized carbons (Fsp3) is 0. The Balaban J connectivity index is 1.98. The van der Waals surface area contributed by atoms with Gasteiger partial charge in [0, 0.05) is 29.4 Å². The molecule has 0 aliphatic carbocycles. The molecule has 0 unspecified atom stereocenters. The molecule has 3 rings (SSSR count). The molecule has 0 aliphatic rings. The molecule has 6 heteroatoms. The average Bonchev–Trinajstić information content (AvgIpc) is 2.85. The van der Waals surface area contributed by atoms with E-state index < -0.39 is 11.8 Å². The number of hydrogen-bond donors (Lipinski definition) is 1. The molecule has 0 bridgehead atoms. The van der Waals surface area contributed by atoms with Crippen molar-refractivity contribution < 1.29 is 13.9 Å². The number of carbonyl (C=O) groups is 1. The number of aromatic nitrogens is 2. The first kappa shape index (κ1) is 12.6. The SMILES string of the molecule is O=C(Oc1cncc(Cl)c1)c1cc(F)cc2[nH]ccc12. The Morgan fingerprint density at radius 2 is 2.15 bits per heavy atom. The summed E-state index contributed by atoms with van der Waals surface area (Å²) in [7, 11) is 0. The lowest BCUT2D eigenvalue weighted by atomic mass is 10.1. The van der Waals surface area contributed by atoms with Gasteiger partial charge in [0.25, 0.3) is 0 Å². The van der Waals surface area contributed by atoms with Crippen molar-refractivity contribution in [2.75, 3.05) is 0 Å². The first-order chi connectivity index (χ1) is 9.63. The zero-order chi connectivity index (χ0) is 14.1. The highest BCUT2D eigenvalue weighted by molar-refractivity contribution is 6.30. The summed E-state index contributed by atoms with van der Waals surface area (Å²) in [6.45, 7) is 0. The summed E-state index contributed by atoms with van der Waals surface area (Å²) in [6, 6.07) is 5.59. The fourth-order valence-corrected chi connectivity index (χ4v) is 2.07. The second-order valence-electron chi connectivity index (χ2n) is 4.12. The lowest BCUT2D eigenvalue weighted by Crippen LogP contribution is -2.09. The van der Waals surface area contributed by atoms with Gasteiger partial charge >= 0.3 is 5.97 Å². The molecule has 2 heterocycles. The van der Waals surface area contributed by atoms with Gasteiger partial charge in [-0.2, -0.15) is 0 Å². The maximum atomic E-state index is 13.5. The van der Waals surface area contributed by atoms with Crippen molar-refractivity contribution in [3.8, 4) is 5.75 Å². The highest BCUT2D eigenvalue weighted by atomic mass is 35.5. The predicted octanol–water partition coefficient (Wildman–Crippen LogP) is 3.57. The van der Waals surface area contributed by atoms with Gasteiger partial charge < -0.3 is 9.72 Å². The molecule has 4 nitrogen and oxygen atoms in total. The Kier molecular flexibility index (Phi) is 3.12. The lowest BCUT2D eigenvalue weighted by Gasteiger charge is -2.05. The van der Waals surface area contributed by atoms with E-state index in [4.69, 9.17) is 16.3 Å². The third kappa shape index (κ3) is 2.35. The van der Waals surface area contributed by atoms with Crippen LogP contribution in [0, 0.1) is 5.82 Å². The minimum absolute atomic E-state index is 0.140. The number of benzene rings is 1. The van der Waals surface area contributed by atoms with Gasteiger partial charge in [0.2, 0.25) is 0 Å². The van der Waals surface area contributed by atoms with Crippen molar-refractivity contribution in [3.63, 3.8) is 0 Å². The van der Waals surface area contributed by atoms with E-state index in [1.807, 2.05) is 0 Å². The first-order valence-corrected chi connectivity index (χ1v) is 6.10. The molecule has 100 valence electrons. The number of halogens is 2. The van der Waals surface area contributed by atoms with E-state index >= 15 is 0 Å². The Labute approximate surface area is 118 Å². The number of aromatic amines is 1. The Morgan fingerprint density at radius 1 is 1.30 bits per heavy atom. The summed E-state index contributed by atoms with van der Waals surface area (Å²) in [6.07, 6.45) is 4.41. The van der Waals surface area contributed by atoms with Crippen LogP contribution in [-0.4, -0.2) is 15.9 Å². The Hall–Kier alpha value is -2.40. The van der Waals surface area contributed by atoms with E-state index in [1.165, 1.54) is 24.5 Å². The number of carbonyl (C=O) groups excluding carboxylic acids is 1. The summed E-state index contributed by atoms with van der Waals surface area (Å²) < 4.78 is 18.6. The number of pyridine rings is 1. The molecule has 3 aromatic rings. The van der Waals surface area contributed by atoms with Crippen LogP contribution in [0.25, 0.3) is 10.9 Å². The van der Waals surface area contributed by atoms with E-state index in [0.717, 1.165) is 6.07 Å². The van der Waals surface area contributed by atoms with E-state index in [2.05, 4.69) is 9.97 Å². The number of rotatable bonds is 2. The van der Waals surface area contributed by atoms with Crippen LogP contribution in [0.1, 0.15) is 10.4 Å². The average molecular weight is 291 g/mol. The number of esters is 1. The molecule has 0 saturated carbocycles. The summed E-state index contributed by atoms with van der Waals surface area (Å²) in [4.78, 5) is 18.8. The van der Waals surface area contributed by atoms with Gasteiger partial charge in [-0.3, -0.25) is 4.98 Å². The zero-order valence-electron chi connectivity index (χ0n) is 10.1. The normalized spacial score (nSPS) is 10.7. The third-order valence-electron chi connectivity index (χ3n) is 2.74. The molecule has 0 amide bonds. The van der Waals surface area contributed by atoms with Crippen molar-refractivity contribution >= 4 is 28.5 Å². The van der Waals surface area contributed by atoms with E-state index in [0.29, 0.717) is 15.9 Å². The summed E-state index contributed by atoms with van der Waals surface area (Å²) in [5, 5.41) is 0.938. The van der Waals surface area contributed by atoms with Gasteiger partial charge in [-0.1, -0.05) is 11.6 Å². The fourth-order valence-electron chi connectivity index (χ4n) is 1.91. The number of nitrogens with one attached hydrogen (secondary N) is 1. The molecule has 20 heavy (non-hydrogen) atoms. The number of nitrogens with zero attached hydrogens (tertiary/aromatic N) is 1. The topological polar surface area (TPSA) is 55.0 Å². The predicted molar refractivity (Wildman–Crippen MR) is 72.5 cm³/mol. The van der Waals surface area contributed by atoms with E-state index in [1.54, 1.807) is 12.3 Å². The van der Waals surface area contributed by atoms with Crippen LogP contribution in [0.2, 0.25) is 5.02 Å². The molecule has 1 aromatic carbocycles. The second-order valence-corrected chi connectivity index (χ2v) is 4.56. The smallest absolute Gasteiger partial charge is 0.344 e. The van der Waals surface area contributed by atoms with Crippen molar-refractivity contribution in [3.05, 3.63) is 59.3 Å². The monoisotopic (exact) mass is 290 g/mol. The molecule has 0 saturated heterocycles. The molecule has 0 fully saturated rings. The molecule has 0 spiro atoms. The molecule has 0 atom stereocenters. The quantitative estimate of drug-likeness (QED) is 0.734. The second kappa shape index (κ2) is 4.94. The molecule has 2 aromatic heterocycles. The van der Waals surface area contributed by atoms with Crippen molar-refractivity contribution in [1.82, 2.24) is 9.97 Å². The van der Waals surface area contributed by atoms with Gasteiger partial charge in [-0.25, -0.2) is 9.18 Å². The van der Waals surface area contributed by atoms with Gasteiger partial charge in [0.1, 0.15) is 5.82 Å². The number of fused-ring (bicyclic) bond motifs is 1. The van der Waals surface area contributed by atoms with Crippen LogP contribution in [0.15, 0.2) is 42.9 Å². The standard InChI is InChI=1S/C14H8ClFN2O2/c15-8-3-10(7-17-6-8)20-14(19)12-4-9(16)5-13-11(12)1-2-18-13/h1-7,18H. The van der Waals surface area contributed by atoms with Gasteiger partial charge in [-0.15, -0.1) is 0 Å². The van der Waals surface area contributed by atoms with Crippen LogP contribution in [0.5, 0.6) is 5.75 Å². The number of hydrogen-bond acceptors (Lipinski definition) is 3. The Morgan fingerprint density at radius 3 is 2.95 bits per heavy atom. The molecule has 0 aliphatic heterocycles. The summed E-state index contributed by atoms with van der Waals surface area (Å²) in [5.41, 5.74) is 0.669.